The molecule has 0 unspecified atom stereocenters. The van der Waals surface area contributed by atoms with Crippen molar-refractivity contribution in [3.63, 3.8) is 0 Å². The lowest BCUT2D eigenvalue weighted by atomic mass is 9.99. The zero-order chi connectivity index (χ0) is 18.0. The Kier molecular flexibility index (Phi) is 5.62. The third kappa shape index (κ3) is 4.13. The first-order valence-corrected chi connectivity index (χ1v) is 8.36. The third-order valence-electron chi connectivity index (χ3n) is 4.40. The van der Waals surface area contributed by atoms with Gasteiger partial charge in [-0.1, -0.05) is 12.1 Å². The fourth-order valence-electron chi connectivity index (χ4n) is 3.20. The summed E-state index contributed by atoms with van der Waals surface area (Å²) in [6.07, 6.45) is -2.99. The van der Waals surface area contributed by atoms with Crippen molar-refractivity contribution in [2.24, 2.45) is 0 Å². The number of rotatable bonds is 6. The summed E-state index contributed by atoms with van der Waals surface area (Å²) in [6, 6.07) is 7.67. The Balaban J connectivity index is 1.60. The van der Waals surface area contributed by atoms with E-state index in [2.05, 4.69) is 0 Å². The molecule has 25 heavy (non-hydrogen) atoms. The van der Waals surface area contributed by atoms with Crippen molar-refractivity contribution in [3.05, 3.63) is 29.8 Å². The number of aliphatic hydroxyl groups is 1. The number of aliphatic hydroxyl groups excluding tert-OH is 1. The fraction of sp³-hybridized carbons (Fsp3) is 0.667. The summed E-state index contributed by atoms with van der Waals surface area (Å²) in [6.45, 7) is 4.37. The van der Waals surface area contributed by atoms with E-state index in [1.54, 1.807) is 7.11 Å². The molecule has 5 atom stereocenters. The van der Waals surface area contributed by atoms with Crippen LogP contribution in [-0.2, 0) is 30.3 Å². The highest BCUT2D eigenvalue weighted by Crippen LogP contribution is 2.37. The summed E-state index contributed by atoms with van der Waals surface area (Å²) in [5, 5.41) is 10.3. The molecule has 2 fully saturated rings. The van der Waals surface area contributed by atoms with Gasteiger partial charge in [-0.3, -0.25) is 0 Å². The smallest absolute Gasteiger partial charge is 0.186 e. The predicted octanol–water partition coefficient (Wildman–Crippen LogP) is 1.46. The van der Waals surface area contributed by atoms with Gasteiger partial charge in [0.1, 0.15) is 30.2 Å². The minimum atomic E-state index is -0.908. The van der Waals surface area contributed by atoms with Crippen LogP contribution in [0.2, 0.25) is 0 Å². The molecule has 3 rings (SSSR count). The largest absolute Gasteiger partial charge is 0.497 e. The van der Waals surface area contributed by atoms with E-state index in [0.717, 1.165) is 11.3 Å². The quantitative estimate of drug-likeness (QED) is 0.829. The maximum Gasteiger partial charge on any atom is 0.186 e. The van der Waals surface area contributed by atoms with Crippen LogP contribution in [0.4, 0.5) is 0 Å². The number of ether oxygens (including phenoxy) is 6. The molecule has 7 heteroatoms. The molecule has 0 amide bonds. The molecule has 0 radical (unpaired) electrons. The van der Waals surface area contributed by atoms with E-state index in [1.807, 2.05) is 38.1 Å². The zero-order valence-electron chi connectivity index (χ0n) is 15.0. The first-order valence-electron chi connectivity index (χ1n) is 8.36. The van der Waals surface area contributed by atoms with Crippen LogP contribution in [0, 0.1) is 0 Å². The summed E-state index contributed by atoms with van der Waals surface area (Å²) in [4.78, 5) is 0. The summed E-state index contributed by atoms with van der Waals surface area (Å²) in [5.41, 5.74) is 1.03. The van der Waals surface area contributed by atoms with Crippen molar-refractivity contribution in [2.45, 2.75) is 56.9 Å². The van der Waals surface area contributed by atoms with Gasteiger partial charge in [-0.25, -0.2) is 0 Å². The molecule has 2 heterocycles. The topological polar surface area (TPSA) is 75.6 Å². The lowest BCUT2D eigenvalue weighted by Gasteiger charge is -2.39. The van der Waals surface area contributed by atoms with E-state index in [1.165, 1.54) is 7.11 Å². The highest BCUT2D eigenvalue weighted by molar-refractivity contribution is 5.26. The second-order valence-electron chi connectivity index (χ2n) is 6.70. The minimum absolute atomic E-state index is 0.305. The van der Waals surface area contributed by atoms with Gasteiger partial charge in [0.05, 0.1) is 20.3 Å². The van der Waals surface area contributed by atoms with Gasteiger partial charge in [0, 0.05) is 7.11 Å². The second-order valence-corrected chi connectivity index (χ2v) is 6.70. The molecule has 0 bridgehead atoms. The SMILES string of the molecule is COc1ccc(COC[C@H]2O[C@@H](OC)[C@H](O)[C@H]3OC(C)(C)O[C@H]32)cc1. The van der Waals surface area contributed by atoms with Crippen molar-refractivity contribution in [1.82, 2.24) is 0 Å². The van der Waals surface area contributed by atoms with Gasteiger partial charge in [0.15, 0.2) is 12.1 Å². The number of fused-ring (bicyclic) bond motifs is 1. The van der Waals surface area contributed by atoms with Gasteiger partial charge in [-0.2, -0.15) is 0 Å². The van der Waals surface area contributed by atoms with Crippen LogP contribution in [0.25, 0.3) is 0 Å². The van der Waals surface area contributed by atoms with Crippen molar-refractivity contribution in [3.8, 4) is 5.75 Å². The Hall–Kier alpha value is -1.22. The molecule has 0 aromatic heterocycles. The molecule has 1 N–H and O–H groups in total. The van der Waals surface area contributed by atoms with Crippen LogP contribution in [0.3, 0.4) is 0 Å². The Morgan fingerprint density at radius 1 is 1.08 bits per heavy atom. The normalized spacial score (nSPS) is 33.9. The van der Waals surface area contributed by atoms with Gasteiger partial charge in [0.25, 0.3) is 0 Å². The highest BCUT2D eigenvalue weighted by Gasteiger charge is 2.55. The molecular weight excluding hydrogens is 328 g/mol. The first kappa shape index (κ1) is 18.6. The molecular formula is C18H26O7. The molecule has 0 saturated carbocycles. The van der Waals surface area contributed by atoms with E-state index < -0.39 is 36.5 Å². The molecule has 0 aliphatic carbocycles. The zero-order valence-corrected chi connectivity index (χ0v) is 15.0. The standard InChI is InChI=1S/C18H26O7/c1-18(2)24-15-13(23-17(21-4)14(19)16(15)25-18)10-22-9-11-5-7-12(20-3)8-6-11/h5-8,13-17,19H,9-10H2,1-4H3/t13-,14-,15+,16-,17-/m1/s1. The van der Waals surface area contributed by atoms with Crippen LogP contribution < -0.4 is 4.74 Å². The second kappa shape index (κ2) is 7.57. The number of hydrogen-bond donors (Lipinski definition) is 1. The Morgan fingerprint density at radius 3 is 2.40 bits per heavy atom. The van der Waals surface area contributed by atoms with Gasteiger partial charge in [0.2, 0.25) is 0 Å². The molecule has 0 spiro atoms. The number of benzene rings is 1. The predicted molar refractivity (Wildman–Crippen MR) is 88.2 cm³/mol. The van der Waals surface area contributed by atoms with Crippen LogP contribution in [0.5, 0.6) is 5.75 Å². The van der Waals surface area contributed by atoms with Crippen molar-refractivity contribution in [1.29, 1.82) is 0 Å². The van der Waals surface area contributed by atoms with Crippen LogP contribution in [0.15, 0.2) is 24.3 Å². The molecule has 2 saturated heterocycles. The van der Waals surface area contributed by atoms with Crippen molar-refractivity contribution in [2.75, 3.05) is 20.8 Å². The summed E-state index contributed by atoms with van der Waals surface area (Å²) in [5.74, 6) is 0.0224. The molecule has 140 valence electrons. The maximum atomic E-state index is 10.3. The monoisotopic (exact) mass is 354 g/mol. The van der Waals surface area contributed by atoms with Crippen molar-refractivity contribution < 1.29 is 33.5 Å². The van der Waals surface area contributed by atoms with E-state index in [-0.39, 0.29) is 0 Å². The molecule has 1 aromatic carbocycles. The Labute approximate surface area is 147 Å². The third-order valence-corrected chi connectivity index (χ3v) is 4.40. The Bertz CT molecular complexity index is 559. The first-order chi connectivity index (χ1) is 11.9. The minimum Gasteiger partial charge on any atom is -0.497 e. The highest BCUT2D eigenvalue weighted by atomic mass is 16.8. The lowest BCUT2D eigenvalue weighted by molar-refractivity contribution is -0.276. The average Bonchev–Trinajstić information content (AvgIpc) is 2.93. The fourth-order valence-corrected chi connectivity index (χ4v) is 3.20. The van der Waals surface area contributed by atoms with E-state index in [0.29, 0.717) is 13.2 Å². The lowest BCUT2D eigenvalue weighted by Crippen LogP contribution is -2.57. The summed E-state index contributed by atoms with van der Waals surface area (Å²) < 4.78 is 33.7. The van der Waals surface area contributed by atoms with Gasteiger partial charge < -0.3 is 33.5 Å². The summed E-state index contributed by atoms with van der Waals surface area (Å²) >= 11 is 0. The van der Waals surface area contributed by atoms with Gasteiger partial charge in [-0.05, 0) is 31.5 Å². The molecule has 7 nitrogen and oxygen atoms in total. The molecule has 1 aromatic rings. The number of hydrogen-bond acceptors (Lipinski definition) is 7. The Morgan fingerprint density at radius 2 is 1.76 bits per heavy atom. The van der Waals surface area contributed by atoms with Gasteiger partial charge >= 0.3 is 0 Å². The maximum absolute atomic E-state index is 10.3. The van der Waals surface area contributed by atoms with Gasteiger partial charge in [-0.15, -0.1) is 0 Å². The molecule has 2 aliphatic rings. The summed E-state index contributed by atoms with van der Waals surface area (Å²) in [7, 11) is 3.12. The average molecular weight is 354 g/mol. The van der Waals surface area contributed by atoms with E-state index >= 15 is 0 Å². The van der Waals surface area contributed by atoms with E-state index in [4.69, 9.17) is 28.4 Å². The van der Waals surface area contributed by atoms with Crippen LogP contribution in [-0.4, -0.2) is 62.4 Å². The van der Waals surface area contributed by atoms with Crippen molar-refractivity contribution >= 4 is 0 Å². The molecule has 2 aliphatic heterocycles. The number of methoxy groups -OCH3 is 2. The van der Waals surface area contributed by atoms with E-state index in [9.17, 15) is 5.11 Å². The van der Waals surface area contributed by atoms with Crippen LogP contribution >= 0.6 is 0 Å². The van der Waals surface area contributed by atoms with Crippen LogP contribution in [0.1, 0.15) is 19.4 Å².